The Balaban J connectivity index is 0.998. The Kier molecular flexibility index (Phi) is 7.37. The lowest BCUT2D eigenvalue weighted by molar-refractivity contribution is 0.620. The number of oxazole rings is 1. The summed E-state index contributed by atoms with van der Waals surface area (Å²) in [5.74, 6) is 0.634. The van der Waals surface area contributed by atoms with Crippen molar-refractivity contribution in [1.29, 1.82) is 0 Å². The van der Waals surface area contributed by atoms with Gasteiger partial charge in [0.05, 0.1) is 11.0 Å². The van der Waals surface area contributed by atoms with E-state index in [-0.39, 0.29) is 0 Å². The molecule has 3 aromatic heterocycles. The summed E-state index contributed by atoms with van der Waals surface area (Å²) in [5, 5.41) is 7.24. The number of para-hydroxylation sites is 2. The highest BCUT2D eigenvalue weighted by Crippen LogP contribution is 2.43. The van der Waals surface area contributed by atoms with Crippen LogP contribution < -0.4 is 4.90 Å². The molecule has 0 spiro atoms. The Morgan fingerprint density at radius 2 is 1.09 bits per heavy atom. The minimum atomic E-state index is 0.634. The summed E-state index contributed by atoms with van der Waals surface area (Å²) in [6, 6.07) is 71.7. The summed E-state index contributed by atoms with van der Waals surface area (Å²) in [7, 11) is 0. The van der Waals surface area contributed by atoms with Crippen molar-refractivity contribution in [2.75, 3.05) is 4.90 Å². The van der Waals surface area contributed by atoms with E-state index in [0.29, 0.717) is 5.89 Å². The van der Waals surface area contributed by atoms with Crippen molar-refractivity contribution >= 4 is 92.2 Å². The number of aromatic nitrogens is 2. The van der Waals surface area contributed by atoms with Gasteiger partial charge in [-0.25, -0.2) is 4.98 Å². The first-order chi connectivity index (χ1) is 28.7. The van der Waals surface area contributed by atoms with Gasteiger partial charge in [0.1, 0.15) is 5.52 Å². The number of hydrogen-bond acceptors (Lipinski definition) is 4. The molecule has 0 N–H and O–H groups in total. The molecule has 0 aliphatic rings. The Morgan fingerprint density at radius 3 is 1.95 bits per heavy atom. The molecule has 9 aromatic carbocycles. The molecule has 12 rings (SSSR count). The fourth-order valence-electron chi connectivity index (χ4n) is 8.65. The molecule has 0 bridgehead atoms. The summed E-state index contributed by atoms with van der Waals surface area (Å²) in [4.78, 5) is 7.37. The van der Waals surface area contributed by atoms with E-state index in [1.54, 1.807) is 0 Å². The molecular formula is C53H33N3OS. The molecule has 0 saturated heterocycles. The summed E-state index contributed by atoms with van der Waals surface area (Å²) in [6.07, 6.45) is 0. The van der Waals surface area contributed by atoms with Gasteiger partial charge in [-0.3, -0.25) is 0 Å². The average molecular weight is 760 g/mol. The fraction of sp³-hybridized carbons (Fsp3) is 0. The molecule has 272 valence electrons. The molecule has 0 aliphatic heterocycles. The van der Waals surface area contributed by atoms with Crippen LogP contribution in [-0.4, -0.2) is 9.55 Å². The normalized spacial score (nSPS) is 11.8. The first kappa shape index (κ1) is 32.7. The number of hydrogen-bond donors (Lipinski definition) is 0. The van der Waals surface area contributed by atoms with E-state index >= 15 is 0 Å². The number of rotatable bonds is 6. The Morgan fingerprint density at radius 1 is 0.431 bits per heavy atom. The van der Waals surface area contributed by atoms with Crippen molar-refractivity contribution < 1.29 is 4.42 Å². The van der Waals surface area contributed by atoms with Gasteiger partial charge in [-0.1, -0.05) is 109 Å². The van der Waals surface area contributed by atoms with Crippen LogP contribution in [0.1, 0.15) is 0 Å². The number of fused-ring (bicyclic) bond motifs is 9. The van der Waals surface area contributed by atoms with E-state index in [9.17, 15) is 0 Å². The largest absolute Gasteiger partial charge is 0.436 e. The van der Waals surface area contributed by atoms with Crippen LogP contribution in [0.4, 0.5) is 17.1 Å². The van der Waals surface area contributed by atoms with Gasteiger partial charge < -0.3 is 13.9 Å². The Bertz CT molecular complexity index is 3510. The molecule has 0 radical (unpaired) electrons. The van der Waals surface area contributed by atoms with E-state index in [1.807, 2.05) is 47.7 Å². The van der Waals surface area contributed by atoms with Crippen LogP contribution in [0.15, 0.2) is 205 Å². The van der Waals surface area contributed by atoms with Crippen LogP contribution in [0.5, 0.6) is 0 Å². The zero-order valence-corrected chi connectivity index (χ0v) is 32.0. The molecule has 4 nitrogen and oxygen atoms in total. The number of anilines is 3. The third-order valence-electron chi connectivity index (χ3n) is 11.4. The van der Waals surface area contributed by atoms with Gasteiger partial charge in [0.25, 0.3) is 0 Å². The van der Waals surface area contributed by atoms with Crippen molar-refractivity contribution in [1.82, 2.24) is 9.55 Å². The smallest absolute Gasteiger partial charge is 0.227 e. The Hall–Kier alpha value is -7.47. The predicted molar refractivity (Wildman–Crippen MR) is 244 cm³/mol. The van der Waals surface area contributed by atoms with Gasteiger partial charge >= 0.3 is 0 Å². The minimum Gasteiger partial charge on any atom is -0.436 e. The lowest BCUT2D eigenvalue weighted by atomic mass is 10.00. The van der Waals surface area contributed by atoms with Crippen LogP contribution in [0.25, 0.3) is 92.1 Å². The molecular weight excluding hydrogens is 727 g/mol. The van der Waals surface area contributed by atoms with Crippen molar-refractivity contribution in [2.45, 2.75) is 0 Å². The Labute approximate surface area is 338 Å². The lowest BCUT2D eigenvalue weighted by Gasteiger charge is -2.26. The van der Waals surface area contributed by atoms with E-state index in [2.05, 4.69) is 173 Å². The molecule has 0 atom stereocenters. The van der Waals surface area contributed by atoms with Crippen molar-refractivity contribution in [3.05, 3.63) is 200 Å². The summed E-state index contributed by atoms with van der Waals surface area (Å²) in [6.45, 7) is 0. The number of benzene rings is 9. The van der Waals surface area contributed by atoms with Crippen molar-refractivity contribution in [3.63, 3.8) is 0 Å². The maximum absolute atomic E-state index is 6.23. The first-order valence-electron chi connectivity index (χ1n) is 19.5. The second kappa shape index (κ2) is 13.1. The molecule has 0 unspecified atom stereocenters. The molecule has 0 fully saturated rings. The molecule has 3 heterocycles. The summed E-state index contributed by atoms with van der Waals surface area (Å²) < 4.78 is 11.2. The van der Waals surface area contributed by atoms with Crippen molar-refractivity contribution in [3.8, 4) is 28.3 Å². The second-order valence-electron chi connectivity index (χ2n) is 14.8. The molecule has 0 amide bonds. The van der Waals surface area contributed by atoms with Crippen LogP contribution in [-0.2, 0) is 0 Å². The van der Waals surface area contributed by atoms with Gasteiger partial charge in [0.2, 0.25) is 5.89 Å². The van der Waals surface area contributed by atoms with Crippen molar-refractivity contribution in [2.24, 2.45) is 0 Å². The maximum Gasteiger partial charge on any atom is 0.227 e. The van der Waals surface area contributed by atoms with Gasteiger partial charge in [-0.15, -0.1) is 11.3 Å². The highest BCUT2D eigenvalue weighted by molar-refractivity contribution is 7.25. The van der Waals surface area contributed by atoms with Crippen LogP contribution in [0.3, 0.4) is 0 Å². The SMILES string of the molecule is c1ccc(-c2nc3c(ccc4ccc(-c5ccc(N(c6ccc7c(c6)sc6ccccc67)c6ccc7c(c6)c6ccccc6n7-c6ccccc6)cc5)cc43)o2)cc1. The summed E-state index contributed by atoms with van der Waals surface area (Å²) in [5.41, 5.74) is 11.7. The lowest BCUT2D eigenvalue weighted by Crippen LogP contribution is -2.09. The third-order valence-corrected chi connectivity index (χ3v) is 12.5. The molecule has 0 saturated carbocycles. The minimum absolute atomic E-state index is 0.634. The second-order valence-corrected chi connectivity index (χ2v) is 15.9. The highest BCUT2D eigenvalue weighted by atomic mass is 32.1. The fourth-order valence-corrected chi connectivity index (χ4v) is 9.79. The topological polar surface area (TPSA) is 34.2 Å². The van der Waals surface area contributed by atoms with Gasteiger partial charge in [-0.05, 0) is 108 Å². The quantitative estimate of drug-likeness (QED) is 0.169. The van der Waals surface area contributed by atoms with Crippen LogP contribution in [0.2, 0.25) is 0 Å². The zero-order valence-electron chi connectivity index (χ0n) is 31.2. The standard InChI is InChI=1S/C53H33N3OS/c1-3-11-36(12-4-1)53-54-52-45-31-37(20-19-35(45)23-30-49(52)57-53)34-21-24-39(25-22-34)55(41-26-28-44-43-16-8-10-18-50(43)58-51(44)33-41)40-27-29-48-46(32-40)42-15-7-9-17-47(42)56(48)38-13-5-2-6-14-38/h1-33H. The third kappa shape index (κ3) is 5.25. The average Bonchev–Trinajstić information content (AvgIpc) is 3.99. The maximum atomic E-state index is 6.23. The van der Waals surface area contributed by atoms with Gasteiger partial charge in [0, 0.05) is 64.6 Å². The first-order valence-corrected chi connectivity index (χ1v) is 20.3. The van der Waals surface area contributed by atoms with E-state index in [4.69, 9.17) is 9.40 Å². The summed E-state index contributed by atoms with van der Waals surface area (Å²) >= 11 is 1.85. The highest BCUT2D eigenvalue weighted by Gasteiger charge is 2.19. The van der Waals surface area contributed by atoms with E-state index in [1.165, 1.54) is 42.0 Å². The van der Waals surface area contributed by atoms with Gasteiger partial charge in [-0.2, -0.15) is 0 Å². The van der Waals surface area contributed by atoms with E-state index in [0.717, 1.165) is 61.3 Å². The number of nitrogens with zero attached hydrogens (tertiary/aromatic N) is 3. The molecule has 12 aromatic rings. The number of thiophene rings is 1. The molecule has 58 heavy (non-hydrogen) atoms. The molecule has 5 heteroatoms. The van der Waals surface area contributed by atoms with Crippen LogP contribution >= 0.6 is 11.3 Å². The molecule has 0 aliphatic carbocycles. The van der Waals surface area contributed by atoms with Crippen LogP contribution in [0, 0.1) is 0 Å². The zero-order chi connectivity index (χ0) is 38.2. The van der Waals surface area contributed by atoms with E-state index < -0.39 is 0 Å². The predicted octanol–water partition coefficient (Wildman–Crippen LogP) is 15.2. The van der Waals surface area contributed by atoms with Gasteiger partial charge in [0.15, 0.2) is 5.58 Å². The monoisotopic (exact) mass is 759 g/mol.